The Hall–Kier alpha value is -1.38. The summed E-state index contributed by atoms with van der Waals surface area (Å²) in [7, 11) is 0.752. The van der Waals surface area contributed by atoms with E-state index in [2.05, 4.69) is 5.32 Å². The van der Waals surface area contributed by atoms with E-state index < -0.39 is 9.84 Å². The first-order chi connectivity index (χ1) is 10.8. The van der Waals surface area contributed by atoms with Crippen LogP contribution in [0.3, 0.4) is 0 Å². The summed E-state index contributed by atoms with van der Waals surface area (Å²) in [6, 6.07) is 7.38. The monoisotopic (exact) mass is 357 g/mol. The zero-order valence-corrected chi connectivity index (χ0v) is 15.3. The van der Waals surface area contributed by atoms with Gasteiger partial charge in [-0.3, -0.25) is 5.01 Å². The normalized spacial score (nSPS) is 19.6. The SMILES string of the molecule is CCOc1ccc(NC(=S)N([C@@H]2CCS(=O)(=O)C2)N(C)C)cc1. The minimum absolute atomic E-state index is 0.127. The Morgan fingerprint density at radius 1 is 1.35 bits per heavy atom. The van der Waals surface area contributed by atoms with Crippen molar-refractivity contribution in [2.24, 2.45) is 0 Å². The molecule has 0 spiro atoms. The average molecular weight is 358 g/mol. The Morgan fingerprint density at radius 2 is 2.00 bits per heavy atom. The number of hydrogen-bond donors (Lipinski definition) is 1. The van der Waals surface area contributed by atoms with Gasteiger partial charge in [0.05, 0.1) is 24.2 Å². The van der Waals surface area contributed by atoms with Crippen LogP contribution in [0.2, 0.25) is 0 Å². The van der Waals surface area contributed by atoms with Gasteiger partial charge in [-0.25, -0.2) is 13.4 Å². The van der Waals surface area contributed by atoms with Crippen molar-refractivity contribution < 1.29 is 13.2 Å². The van der Waals surface area contributed by atoms with Crippen LogP contribution in [0.25, 0.3) is 0 Å². The lowest BCUT2D eigenvalue weighted by Gasteiger charge is -2.36. The second-order valence-electron chi connectivity index (χ2n) is 5.64. The van der Waals surface area contributed by atoms with E-state index >= 15 is 0 Å². The van der Waals surface area contributed by atoms with Gasteiger partial charge in [-0.1, -0.05) is 0 Å². The van der Waals surface area contributed by atoms with Crippen LogP contribution >= 0.6 is 12.2 Å². The lowest BCUT2D eigenvalue weighted by molar-refractivity contribution is 0.0757. The first-order valence-electron chi connectivity index (χ1n) is 7.53. The molecular weight excluding hydrogens is 334 g/mol. The third kappa shape index (κ3) is 4.79. The number of ether oxygens (including phenoxy) is 1. The molecule has 1 fully saturated rings. The summed E-state index contributed by atoms with van der Waals surface area (Å²) in [5.74, 6) is 1.15. The molecule has 0 aromatic heterocycles. The number of sulfone groups is 1. The smallest absolute Gasteiger partial charge is 0.188 e. The summed E-state index contributed by atoms with van der Waals surface area (Å²) < 4.78 is 28.9. The molecule has 1 aromatic carbocycles. The van der Waals surface area contributed by atoms with E-state index in [1.165, 1.54) is 0 Å². The molecule has 2 rings (SSSR count). The van der Waals surface area contributed by atoms with E-state index in [-0.39, 0.29) is 17.5 Å². The minimum Gasteiger partial charge on any atom is -0.494 e. The molecule has 1 aliphatic heterocycles. The zero-order chi connectivity index (χ0) is 17.0. The van der Waals surface area contributed by atoms with E-state index in [4.69, 9.17) is 17.0 Å². The number of rotatable bonds is 5. The standard InChI is InChI=1S/C15H23N3O3S2/c1-4-21-14-7-5-12(6-8-14)16-15(22)18(17(2)3)13-9-10-23(19,20)11-13/h5-8,13H,4,9-11H2,1-3H3,(H,16,22)/t13-/m1/s1. The number of hydrazine groups is 1. The predicted molar refractivity (Wildman–Crippen MR) is 96.4 cm³/mol. The molecule has 128 valence electrons. The van der Waals surface area contributed by atoms with Gasteiger partial charge in [0.2, 0.25) is 0 Å². The highest BCUT2D eigenvalue weighted by atomic mass is 32.2. The van der Waals surface area contributed by atoms with Crippen LogP contribution in [-0.2, 0) is 9.84 Å². The lowest BCUT2D eigenvalue weighted by atomic mass is 10.2. The first kappa shape index (κ1) is 18.0. The van der Waals surface area contributed by atoms with E-state index in [0.717, 1.165) is 11.4 Å². The molecule has 0 aliphatic carbocycles. The number of nitrogens with one attached hydrogen (secondary N) is 1. The fourth-order valence-corrected chi connectivity index (χ4v) is 4.75. The molecular formula is C15H23N3O3S2. The molecule has 0 saturated carbocycles. The van der Waals surface area contributed by atoms with E-state index in [0.29, 0.717) is 18.1 Å². The highest BCUT2D eigenvalue weighted by Crippen LogP contribution is 2.21. The Bertz CT molecular complexity index is 644. The Morgan fingerprint density at radius 3 is 2.48 bits per heavy atom. The molecule has 0 bridgehead atoms. The minimum atomic E-state index is -2.96. The van der Waals surface area contributed by atoms with Gasteiger partial charge in [-0.15, -0.1) is 0 Å². The van der Waals surface area contributed by atoms with Crippen molar-refractivity contribution >= 4 is 32.9 Å². The topological polar surface area (TPSA) is 61.9 Å². The van der Waals surface area contributed by atoms with Gasteiger partial charge >= 0.3 is 0 Å². The maximum Gasteiger partial charge on any atom is 0.188 e. The molecule has 1 aliphatic rings. The van der Waals surface area contributed by atoms with Crippen molar-refractivity contribution in [2.45, 2.75) is 19.4 Å². The Labute approximate surface area is 143 Å². The number of hydrogen-bond acceptors (Lipinski definition) is 5. The first-order valence-corrected chi connectivity index (χ1v) is 9.76. The molecule has 8 heteroatoms. The second-order valence-corrected chi connectivity index (χ2v) is 8.25. The second kappa shape index (κ2) is 7.46. The highest BCUT2D eigenvalue weighted by molar-refractivity contribution is 7.91. The van der Waals surface area contributed by atoms with Crippen molar-refractivity contribution in [1.82, 2.24) is 10.0 Å². The molecule has 0 amide bonds. The quantitative estimate of drug-likeness (QED) is 0.636. The van der Waals surface area contributed by atoms with Crippen LogP contribution in [0.4, 0.5) is 5.69 Å². The van der Waals surface area contributed by atoms with Gasteiger partial charge in [0.15, 0.2) is 14.9 Å². The van der Waals surface area contributed by atoms with E-state index in [9.17, 15) is 8.42 Å². The van der Waals surface area contributed by atoms with Gasteiger partial charge in [0.1, 0.15) is 5.75 Å². The molecule has 0 unspecified atom stereocenters. The summed E-state index contributed by atoms with van der Waals surface area (Å²) in [4.78, 5) is 0. The summed E-state index contributed by atoms with van der Waals surface area (Å²) in [6.45, 7) is 2.56. The summed E-state index contributed by atoms with van der Waals surface area (Å²) in [5.41, 5.74) is 0.839. The van der Waals surface area contributed by atoms with Crippen LogP contribution in [0, 0.1) is 0 Å². The van der Waals surface area contributed by atoms with Crippen LogP contribution < -0.4 is 10.1 Å². The number of thiocarbonyl (C=S) groups is 1. The van der Waals surface area contributed by atoms with Crippen molar-refractivity contribution in [3.05, 3.63) is 24.3 Å². The van der Waals surface area contributed by atoms with Crippen molar-refractivity contribution in [3.63, 3.8) is 0 Å². The lowest BCUT2D eigenvalue weighted by Crippen LogP contribution is -2.51. The predicted octanol–water partition coefficient (Wildman–Crippen LogP) is 1.75. The fraction of sp³-hybridized carbons (Fsp3) is 0.533. The average Bonchev–Trinajstić information content (AvgIpc) is 2.81. The van der Waals surface area contributed by atoms with E-state index in [1.54, 1.807) is 0 Å². The maximum absolute atomic E-state index is 11.7. The zero-order valence-electron chi connectivity index (χ0n) is 13.7. The number of nitrogens with zero attached hydrogens (tertiary/aromatic N) is 2. The van der Waals surface area contributed by atoms with Crippen LogP contribution in [0.15, 0.2) is 24.3 Å². The Kier molecular flexibility index (Phi) is 5.83. The number of benzene rings is 1. The van der Waals surface area contributed by atoms with Crippen LogP contribution in [-0.4, -0.2) is 61.8 Å². The maximum atomic E-state index is 11.7. The molecule has 0 radical (unpaired) electrons. The van der Waals surface area contributed by atoms with Gasteiger partial charge in [0.25, 0.3) is 0 Å². The Balaban J connectivity index is 2.06. The third-order valence-electron chi connectivity index (χ3n) is 3.61. The number of anilines is 1. The largest absolute Gasteiger partial charge is 0.494 e. The van der Waals surface area contributed by atoms with Crippen LogP contribution in [0.1, 0.15) is 13.3 Å². The van der Waals surface area contributed by atoms with E-state index in [1.807, 2.05) is 55.3 Å². The van der Waals surface area contributed by atoms with Crippen molar-refractivity contribution in [2.75, 3.05) is 37.5 Å². The molecule has 1 aromatic rings. The third-order valence-corrected chi connectivity index (χ3v) is 5.65. The molecule has 6 nitrogen and oxygen atoms in total. The van der Waals surface area contributed by atoms with Crippen molar-refractivity contribution in [1.29, 1.82) is 0 Å². The van der Waals surface area contributed by atoms with Crippen molar-refractivity contribution in [3.8, 4) is 5.75 Å². The molecule has 1 atom stereocenters. The van der Waals surface area contributed by atoms with Gasteiger partial charge in [-0.05, 0) is 49.8 Å². The summed E-state index contributed by atoms with van der Waals surface area (Å²) in [5, 5.41) is 7.31. The molecule has 23 heavy (non-hydrogen) atoms. The summed E-state index contributed by atoms with van der Waals surface area (Å²) >= 11 is 5.48. The highest BCUT2D eigenvalue weighted by Gasteiger charge is 2.34. The molecule has 1 N–H and O–H groups in total. The van der Waals surface area contributed by atoms with Gasteiger partial charge in [-0.2, -0.15) is 0 Å². The molecule has 1 saturated heterocycles. The molecule has 1 heterocycles. The van der Waals surface area contributed by atoms with Crippen LogP contribution in [0.5, 0.6) is 5.75 Å². The fourth-order valence-electron chi connectivity index (χ4n) is 2.62. The van der Waals surface area contributed by atoms with Gasteiger partial charge < -0.3 is 10.1 Å². The van der Waals surface area contributed by atoms with Gasteiger partial charge in [0, 0.05) is 19.8 Å². The summed E-state index contributed by atoms with van der Waals surface area (Å²) in [6.07, 6.45) is 0.589.